The first kappa shape index (κ1) is 15.1. The zero-order valence-corrected chi connectivity index (χ0v) is 14.6. The van der Waals surface area contributed by atoms with Crippen LogP contribution >= 0.6 is 15.9 Å². The van der Waals surface area contributed by atoms with E-state index < -0.39 is 6.04 Å². The second-order valence-electron chi connectivity index (χ2n) is 5.80. The summed E-state index contributed by atoms with van der Waals surface area (Å²) in [4.78, 5) is 32.5. The van der Waals surface area contributed by atoms with Crippen LogP contribution in [-0.4, -0.2) is 34.6 Å². The molecule has 0 aliphatic carbocycles. The number of benzene rings is 1. The van der Waals surface area contributed by atoms with Crippen molar-refractivity contribution in [3.8, 4) is 0 Å². The lowest BCUT2D eigenvalue weighted by Crippen LogP contribution is -2.62. The van der Waals surface area contributed by atoms with E-state index in [0.29, 0.717) is 17.6 Å². The number of urea groups is 1. The van der Waals surface area contributed by atoms with E-state index in [4.69, 9.17) is 4.42 Å². The van der Waals surface area contributed by atoms with Gasteiger partial charge in [-0.1, -0.05) is 28.1 Å². The number of fused-ring (bicyclic) bond motifs is 3. The number of imide groups is 1. The van der Waals surface area contributed by atoms with Crippen LogP contribution in [0.15, 0.2) is 44.3 Å². The van der Waals surface area contributed by atoms with Crippen LogP contribution in [0.5, 0.6) is 0 Å². The normalized spacial score (nSPS) is 19.5. The summed E-state index contributed by atoms with van der Waals surface area (Å²) in [5, 5.41) is 0. The van der Waals surface area contributed by atoms with Crippen LogP contribution in [-0.2, 0) is 11.3 Å². The van der Waals surface area contributed by atoms with Gasteiger partial charge in [0.2, 0.25) is 0 Å². The van der Waals surface area contributed by atoms with E-state index in [1.54, 1.807) is 24.7 Å². The van der Waals surface area contributed by atoms with E-state index in [9.17, 15) is 9.59 Å². The molecule has 0 bridgehead atoms. The molecule has 1 aromatic heterocycles. The third kappa shape index (κ3) is 2.17. The molecule has 1 atom stereocenters. The monoisotopic (exact) mass is 389 g/mol. The Morgan fingerprint density at radius 2 is 2.00 bits per heavy atom. The minimum atomic E-state index is -0.657. The van der Waals surface area contributed by atoms with Crippen LogP contribution in [0.3, 0.4) is 0 Å². The third-order valence-corrected chi connectivity index (χ3v) is 4.67. The molecule has 0 radical (unpaired) electrons. The Kier molecular flexibility index (Phi) is 3.31. The van der Waals surface area contributed by atoms with Gasteiger partial charge in [0.15, 0.2) is 0 Å². The molecule has 2 aliphatic rings. The highest BCUT2D eigenvalue weighted by molar-refractivity contribution is 9.10. The lowest BCUT2D eigenvalue weighted by molar-refractivity contribution is -0.679. The van der Waals surface area contributed by atoms with Crippen LogP contribution in [0, 0.1) is 6.92 Å². The number of nitrogens with zero attached hydrogens (tertiary/aromatic N) is 4. The van der Waals surface area contributed by atoms with Gasteiger partial charge in [0.25, 0.3) is 17.8 Å². The molecule has 4 rings (SSSR count). The highest BCUT2D eigenvalue weighted by Crippen LogP contribution is 2.29. The summed E-state index contributed by atoms with van der Waals surface area (Å²) in [5.74, 6) is 0.764. The number of carbonyl (C=O) groups is 2. The van der Waals surface area contributed by atoms with E-state index in [2.05, 4.69) is 20.9 Å². The van der Waals surface area contributed by atoms with E-state index in [1.807, 2.05) is 24.3 Å². The molecule has 2 aromatic rings. The fourth-order valence-electron chi connectivity index (χ4n) is 2.95. The quantitative estimate of drug-likeness (QED) is 0.739. The first-order valence-corrected chi connectivity index (χ1v) is 8.18. The maximum absolute atomic E-state index is 12.9. The number of likely N-dealkylation sites (N-methyl/N-ethyl adjacent to an activating group) is 1. The molecule has 0 N–H and O–H groups in total. The molecular formula is C16H14BrN4O3+. The summed E-state index contributed by atoms with van der Waals surface area (Å²) in [6.45, 7) is 2.01. The topological polar surface area (TPSA) is 70.0 Å². The average Bonchev–Trinajstić information content (AvgIpc) is 3.07. The zero-order chi connectivity index (χ0) is 17.0. The predicted octanol–water partition coefficient (Wildman–Crippen LogP) is 2.32. The number of oxazole rings is 1. The summed E-state index contributed by atoms with van der Waals surface area (Å²) in [5.41, 5.74) is 0.875. The van der Waals surface area contributed by atoms with Gasteiger partial charge in [-0.3, -0.25) is 14.6 Å². The van der Waals surface area contributed by atoms with Crippen molar-refractivity contribution in [2.45, 2.75) is 19.5 Å². The number of aliphatic imine (C=N–C) groups is 1. The molecule has 2 aliphatic heterocycles. The molecule has 3 amide bonds. The predicted molar refractivity (Wildman–Crippen MR) is 87.6 cm³/mol. The first-order valence-electron chi connectivity index (χ1n) is 7.39. The lowest BCUT2D eigenvalue weighted by atomic mass is 10.1. The molecule has 7 nitrogen and oxygen atoms in total. The summed E-state index contributed by atoms with van der Waals surface area (Å²) >= 11 is 3.38. The molecule has 8 heteroatoms. The highest BCUT2D eigenvalue weighted by Gasteiger charge is 2.54. The number of aryl methyl sites for hydroxylation is 1. The van der Waals surface area contributed by atoms with Crippen LogP contribution in [0.2, 0.25) is 0 Å². The summed E-state index contributed by atoms with van der Waals surface area (Å²) in [7, 11) is 1.62. The maximum Gasteiger partial charge on any atom is 0.506 e. The van der Waals surface area contributed by atoms with Crippen molar-refractivity contribution < 1.29 is 18.6 Å². The van der Waals surface area contributed by atoms with Crippen molar-refractivity contribution in [1.82, 2.24) is 9.80 Å². The van der Waals surface area contributed by atoms with E-state index in [-0.39, 0.29) is 18.5 Å². The second-order valence-corrected chi connectivity index (χ2v) is 6.71. The number of hydrogen-bond donors (Lipinski definition) is 0. The fraction of sp³-hybridized carbons (Fsp3) is 0.250. The second kappa shape index (κ2) is 5.27. The Hall–Kier alpha value is -2.48. The zero-order valence-electron chi connectivity index (χ0n) is 13.1. The van der Waals surface area contributed by atoms with Crippen LogP contribution in [0.1, 0.15) is 17.4 Å². The number of amidine groups is 1. The van der Waals surface area contributed by atoms with E-state index in [0.717, 1.165) is 10.0 Å². The number of halogens is 1. The summed E-state index contributed by atoms with van der Waals surface area (Å²) in [6.07, 6.45) is 1.73. The summed E-state index contributed by atoms with van der Waals surface area (Å²) in [6, 6.07) is 6.81. The first-order chi connectivity index (χ1) is 11.5. The SMILES string of the molecule is Cc1c[n+]2c(o1)N=C1C2C(=O)N(Cc2ccc(Br)cc2)C(=O)N1C. The summed E-state index contributed by atoms with van der Waals surface area (Å²) < 4.78 is 8.09. The van der Waals surface area contributed by atoms with Gasteiger partial charge >= 0.3 is 12.0 Å². The van der Waals surface area contributed by atoms with Gasteiger partial charge in [0, 0.05) is 16.5 Å². The smallest absolute Gasteiger partial charge is 0.390 e. The molecule has 1 saturated heterocycles. The number of rotatable bonds is 2. The van der Waals surface area contributed by atoms with Crippen molar-refractivity contribution >= 4 is 39.7 Å². The maximum atomic E-state index is 12.9. The number of hydrogen-bond acceptors (Lipinski definition) is 4. The molecule has 122 valence electrons. The minimum absolute atomic E-state index is 0.214. The van der Waals surface area contributed by atoms with E-state index >= 15 is 0 Å². The van der Waals surface area contributed by atoms with Crippen molar-refractivity contribution in [2.75, 3.05) is 7.05 Å². The Labute approximate surface area is 146 Å². The standard InChI is InChI=1S/C16H14BrN4O3/c1-9-7-20-12-13(18-15(20)24-9)19(2)16(23)21(14(12)22)8-10-3-5-11(17)6-4-10/h3-7,12H,8H2,1-2H3/q+1. The minimum Gasteiger partial charge on any atom is -0.390 e. The van der Waals surface area contributed by atoms with Crippen molar-refractivity contribution in [1.29, 1.82) is 0 Å². The average molecular weight is 390 g/mol. The third-order valence-electron chi connectivity index (χ3n) is 4.14. The van der Waals surface area contributed by atoms with Gasteiger partial charge in [-0.15, -0.1) is 0 Å². The number of amides is 3. The molecule has 0 spiro atoms. The molecule has 0 saturated carbocycles. The van der Waals surface area contributed by atoms with Crippen LogP contribution < -0.4 is 4.57 Å². The van der Waals surface area contributed by atoms with Gasteiger partial charge in [-0.05, 0) is 24.6 Å². The highest BCUT2D eigenvalue weighted by atomic mass is 79.9. The van der Waals surface area contributed by atoms with E-state index in [1.165, 1.54) is 9.80 Å². The van der Waals surface area contributed by atoms with Gasteiger partial charge in [0.1, 0.15) is 12.0 Å². The molecule has 1 aromatic carbocycles. The van der Waals surface area contributed by atoms with Crippen molar-refractivity contribution in [2.24, 2.45) is 4.99 Å². The molecular weight excluding hydrogens is 376 g/mol. The van der Waals surface area contributed by atoms with Crippen LogP contribution in [0.25, 0.3) is 0 Å². The Morgan fingerprint density at radius 3 is 2.71 bits per heavy atom. The molecule has 1 fully saturated rings. The largest absolute Gasteiger partial charge is 0.506 e. The molecule has 24 heavy (non-hydrogen) atoms. The van der Waals surface area contributed by atoms with Gasteiger partial charge in [0.05, 0.1) is 6.54 Å². The molecule has 3 heterocycles. The van der Waals surface area contributed by atoms with Gasteiger partial charge in [-0.25, -0.2) is 4.79 Å². The van der Waals surface area contributed by atoms with Crippen LogP contribution in [0.4, 0.5) is 10.8 Å². The Balaban J connectivity index is 1.70. The lowest BCUT2D eigenvalue weighted by Gasteiger charge is -2.32. The van der Waals surface area contributed by atoms with Crippen molar-refractivity contribution in [3.63, 3.8) is 0 Å². The van der Waals surface area contributed by atoms with Gasteiger partial charge < -0.3 is 4.42 Å². The van der Waals surface area contributed by atoms with Gasteiger partial charge in [-0.2, -0.15) is 4.57 Å². The Morgan fingerprint density at radius 1 is 1.29 bits per heavy atom. The molecule has 1 unspecified atom stereocenters. The number of aromatic nitrogens is 1. The fourth-order valence-corrected chi connectivity index (χ4v) is 3.21. The van der Waals surface area contributed by atoms with Crippen molar-refractivity contribution in [3.05, 3.63) is 46.3 Å². The Bertz CT molecular complexity index is 887. The number of carbonyl (C=O) groups excluding carboxylic acids is 2.